The third-order valence-electron chi connectivity index (χ3n) is 7.27. The van der Waals surface area contributed by atoms with Gasteiger partial charge >= 0.3 is 155 Å². The summed E-state index contributed by atoms with van der Waals surface area (Å²) in [5, 5.41) is 8.41. The van der Waals surface area contributed by atoms with Crippen LogP contribution in [0.15, 0.2) is 0 Å². The average Bonchev–Trinajstić information content (AvgIpc) is 2.84. The number of unbranched alkanes of at least 4 members (excludes halogenated alkanes) is 18. The summed E-state index contributed by atoms with van der Waals surface area (Å²) in [6.45, 7) is 9.21. The number of carboxylic acids is 1. The SMILES string of the molecule is CCCCCCCCCCCC(=O)O.CCCCCCCCCCC[C]([Sn])(CCCC)CCCC. The van der Waals surface area contributed by atoms with Crippen molar-refractivity contribution in [3.63, 3.8) is 0 Å². The maximum atomic E-state index is 10.2. The van der Waals surface area contributed by atoms with Gasteiger partial charge in [0, 0.05) is 6.42 Å². The maximum absolute atomic E-state index is 10.2. The van der Waals surface area contributed by atoms with Crippen LogP contribution in [0.5, 0.6) is 0 Å². The molecule has 0 rings (SSSR count). The van der Waals surface area contributed by atoms with E-state index in [-0.39, 0.29) is 0 Å². The molecule has 209 valence electrons. The quantitative estimate of drug-likeness (QED) is 0.0792. The fourth-order valence-electron chi connectivity index (χ4n) is 4.77. The molecule has 0 unspecified atom stereocenters. The van der Waals surface area contributed by atoms with Gasteiger partial charge in [0.2, 0.25) is 0 Å². The summed E-state index contributed by atoms with van der Waals surface area (Å²) < 4.78 is 0.736. The van der Waals surface area contributed by atoms with Crippen LogP contribution < -0.4 is 0 Å². The molecule has 3 radical (unpaired) electrons. The molecule has 0 aliphatic carbocycles. The summed E-state index contributed by atoms with van der Waals surface area (Å²) in [6, 6.07) is 0. The zero-order valence-electron chi connectivity index (χ0n) is 24.7. The van der Waals surface area contributed by atoms with Crippen LogP contribution in [0.25, 0.3) is 0 Å². The summed E-state index contributed by atoms with van der Waals surface area (Å²) in [4.78, 5) is 10.2. The monoisotopic (exact) mass is 601 g/mol. The van der Waals surface area contributed by atoms with Crippen molar-refractivity contribution in [2.45, 2.75) is 198 Å². The zero-order valence-corrected chi connectivity index (χ0v) is 27.6. The van der Waals surface area contributed by atoms with Crippen molar-refractivity contribution in [1.29, 1.82) is 0 Å². The Morgan fingerprint density at radius 1 is 0.486 bits per heavy atom. The van der Waals surface area contributed by atoms with Crippen LogP contribution in [-0.4, -0.2) is 33.6 Å². The van der Waals surface area contributed by atoms with Gasteiger partial charge in [0.1, 0.15) is 0 Å². The Balaban J connectivity index is 0. The van der Waals surface area contributed by atoms with Crippen molar-refractivity contribution in [3.8, 4) is 0 Å². The van der Waals surface area contributed by atoms with Crippen molar-refractivity contribution in [3.05, 3.63) is 0 Å². The fourth-order valence-corrected chi connectivity index (χ4v) is 6.28. The molecule has 0 spiro atoms. The molecule has 0 aromatic heterocycles. The van der Waals surface area contributed by atoms with E-state index in [9.17, 15) is 4.79 Å². The molecule has 3 heteroatoms. The Bertz CT molecular complexity index is 402. The van der Waals surface area contributed by atoms with E-state index in [0.29, 0.717) is 6.42 Å². The molecule has 0 saturated carbocycles. The van der Waals surface area contributed by atoms with Crippen molar-refractivity contribution in [1.82, 2.24) is 0 Å². The van der Waals surface area contributed by atoms with Crippen LogP contribution >= 0.6 is 0 Å². The van der Waals surface area contributed by atoms with E-state index in [0.717, 1.165) is 16.3 Å². The minimum atomic E-state index is -0.659. The Kier molecular flexibility index (Phi) is 32.6. The Hall–Kier alpha value is 0.269. The number of hydrogen-bond acceptors (Lipinski definition) is 1. The van der Waals surface area contributed by atoms with Gasteiger partial charge in [-0.2, -0.15) is 0 Å². The van der Waals surface area contributed by atoms with Crippen LogP contribution in [0.2, 0.25) is 3.43 Å². The average molecular weight is 601 g/mol. The molecule has 0 aromatic carbocycles. The third kappa shape index (κ3) is 32.2. The molecule has 2 nitrogen and oxygen atoms in total. The van der Waals surface area contributed by atoms with Crippen LogP contribution in [-0.2, 0) is 4.79 Å². The molecule has 0 saturated heterocycles. The molecule has 0 aliphatic heterocycles. The van der Waals surface area contributed by atoms with Crippen LogP contribution in [0.1, 0.15) is 195 Å². The minimum absolute atomic E-state index is 0.343. The van der Waals surface area contributed by atoms with E-state index in [1.807, 2.05) is 22.5 Å². The summed E-state index contributed by atoms with van der Waals surface area (Å²) in [6.07, 6.45) is 34.8. The molecule has 0 bridgehead atoms. The zero-order chi connectivity index (χ0) is 26.5. The van der Waals surface area contributed by atoms with E-state index in [1.54, 1.807) is 0 Å². The molecule has 35 heavy (non-hydrogen) atoms. The predicted octanol–water partition coefficient (Wildman–Crippen LogP) is 11.6. The fraction of sp³-hybridized carbons (Fsp3) is 0.969. The molecule has 0 aromatic rings. The van der Waals surface area contributed by atoms with Crippen LogP contribution in [0, 0.1) is 0 Å². The molecule has 0 heterocycles. The molecule has 0 amide bonds. The van der Waals surface area contributed by atoms with Gasteiger partial charge in [0.15, 0.2) is 0 Å². The summed E-state index contributed by atoms with van der Waals surface area (Å²) in [7, 11) is 0. The van der Waals surface area contributed by atoms with Gasteiger partial charge in [-0.1, -0.05) is 58.3 Å². The molecule has 1 N–H and O–H groups in total. The number of hydrogen-bond donors (Lipinski definition) is 1. The van der Waals surface area contributed by atoms with Gasteiger partial charge < -0.3 is 5.11 Å². The van der Waals surface area contributed by atoms with Gasteiger partial charge in [-0.25, -0.2) is 0 Å². The predicted molar refractivity (Wildman–Crippen MR) is 159 cm³/mol. The van der Waals surface area contributed by atoms with E-state index < -0.39 is 5.97 Å². The first kappa shape index (κ1) is 37.4. The van der Waals surface area contributed by atoms with Crippen LogP contribution in [0.3, 0.4) is 0 Å². The Labute approximate surface area is 235 Å². The van der Waals surface area contributed by atoms with E-state index >= 15 is 0 Å². The number of carboxylic acid groups (broad SMARTS) is 1. The second kappa shape index (κ2) is 30.5. The summed E-state index contributed by atoms with van der Waals surface area (Å²) >= 11 is 1.82. The van der Waals surface area contributed by atoms with Gasteiger partial charge in [-0.3, -0.25) is 4.79 Å². The van der Waals surface area contributed by atoms with Gasteiger partial charge in [0.25, 0.3) is 0 Å². The van der Waals surface area contributed by atoms with Crippen molar-refractivity contribution in [2.24, 2.45) is 0 Å². The second-order valence-electron chi connectivity index (χ2n) is 11.0. The van der Waals surface area contributed by atoms with E-state index in [1.165, 1.54) is 148 Å². The summed E-state index contributed by atoms with van der Waals surface area (Å²) in [5.74, 6) is -0.659. The Morgan fingerprint density at radius 2 is 0.771 bits per heavy atom. The first-order valence-corrected chi connectivity index (χ1v) is 17.3. The number of rotatable bonds is 26. The van der Waals surface area contributed by atoms with Gasteiger partial charge in [-0.15, -0.1) is 0 Å². The standard InChI is InChI=1S/C20H41.C12H24O2.Sn/c1-4-7-10-11-12-13-14-15-16-19-20(17-8-5-2)18-9-6-3;1-2-3-4-5-6-7-8-9-10-11-12(13)14;/h4-19H2,1-3H3;2-11H2,1H3,(H,13,14);. The topological polar surface area (TPSA) is 37.3 Å². The molecule has 0 atom stereocenters. The van der Waals surface area contributed by atoms with Crippen molar-refractivity contribution < 1.29 is 9.90 Å². The first-order chi connectivity index (χ1) is 17.0. The molecular weight excluding hydrogens is 535 g/mol. The molecule has 0 fully saturated rings. The Morgan fingerprint density at radius 3 is 1.11 bits per heavy atom. The van der Waals surface area contributed by atoms with E-state index in [2.05, 4.69) is 27.7 Å². The van der Waals surface area contributed by atoms with E-state index in [4.69, 9.17) is 5.11 Å². The van der Waals surface area contributed by atoms with Gasteiger partial charge in [-0.05, 0) is 6.42 Å². The first-order valence-electron chi connectivity index (χ1n) is 15.9. The number of aliphatic carboxylic acids is 1. The summed E-state index contributed by atoms with van der Waals surface area (Å²) in [5.41, 5.74) is 0. The second-order valence-corrected chi connectivity index (χ2v) is 14.1. The molecular formula is C32H65O2Sn. The molecule has 0 aliphatic rings. The third-order valence-corrected chi connectivity index (χ3v) is 9.41. The normalized spacial score (nSPS) is 11.3. The van der Waals surface area contributed by atoms with Gasteiger partial charge in [0.05, 0.1) is 0 Å². The van der Waals surface area contributed by atoms with Crippen molar-refractivity contribution >= 4 is 28.5 Å². The van der Waals surface area contributed by atoms with Crippen molar-refractivity contribution in [2.75, 3.05) is 0 Å². The van der Waals surface area contributed by atoms with Crippen LogP contribution in [0.4, 0.5) is 0 Å². The number of carbonyl (C=O) groups is 1.